The Morgan fingerprint density at radius 2 is 1.33 bits per heavy atom. The minimum atomic E-state index is -3.89. The van der Waals surface area contributed by atoms with Crippen LogP contribution in [0.2, 0.25) is 0 Å². The molecule has 0 spiro atoms. The maximum absolute atomic E-state index is 12.1. The number of hydrogen-bond donors (Lipinski definition) is 1. The molecule has 1 saturated heterocycles. The van der Waals surface area contributed by atoms with Crippen LogP contribution in [0.25, 0.3) is 0 Å². The van der Waals surface area contributed by atoms with Gasteiger partial charge in [-0.2, -0.15) is 0 Å². The van der Waals surface area contributed by atoms with Gasteiger partial charge in [0.15, 0.2) is 0 Å². The summed E-state index contributed by atoms with van der Waals surface area (Å²) in [7, 11) is 0.516. The van der Waals surface area contributed by atoms with Crippen molar-refractivity contribution in [2.24, 2.45) is 5.92 Å². The fourth-order valence-corrected chi connectivity index (χ4v) is 5.37. The van der Waals surface area contributed by atoms with E-state index in [-0.39, 0.29) is 0 Å². The Morgan fingerprint density at radius 3 is 1.83 bits per heavy atom. The monoisotopic (exact) mass is 448 g/mol. The van der Waals surface area contributed by atoms with E-state index in [4.69, 9.17) is 9.05 Å². The molecule has 0 aromatic carbocycles. The van der Waals surface area contributed by atoms with Gasteiger partial charge >= 0.3 is 7.82 Å². The second-order valence-electron chi connectivity index (χ2n) is 10.0. The van der Waals surface area contributed by atoms with Gasteiger partial charge in [-0.3, -0.25) is 9.05 Å². The highest BCUT2D eigenvalue weighted by molar-refractivity contribution is 7.47. The van der Waals surface area contributed by atoms with Crippen molar-refractivity contribution in [2.75, 3.05) is 40.4 Å². The predicted octanol–water partition coefficient (Wildman–Crippen LogP) is 7.09. The van der Waals surface area contributed by atoms with Gasteiger partial charge in [0.25, 0.3) is 0 Å². The van der Waals surface area contributed by atoms with E-state index in [1.165, 1.54) is 83.6 Å². The zero-order chi connectivity index (χ0) is 22.1. The standard InChI is InChI=1S/C24H50NO4P/c1-4-5-6-7-8-9-10-11-12-13-14-15-16-17-21-28-30(26,27)29-23-24-19-18-20-25(2,3)22-24/h24H,4-23H2,1-3H3/p+1. The third kappa shape index (κ3) is 15.8. The van der Waals surface area contributed by atoms with E-state index in [9.17, 15) is 9.46 Å². The van der Waals surface area contributed by atoms with E-state index in [2.05, 4.69) is 21.0 Å². The molecule has 1 N–H and O–H groups in total. The van der Waals surface area contributed by atoms with Gasteiger partial charge < -0.3 is 9.38 Å². The van der Waals surface area contributed by atoms with Crippen LogP contribution < -0.4 is 0 Å². The third-order valence-corrected chi connectivity index (χ3v) is 7.34. The lowest BCUT2D eigenvalue weighted by Crippen LogP contribution is -2.48. The quantitative estimate of drug-likeness (QED) is 0.130. The Morgan fingerprint density at radius 1 is 0.833 bits per heavy atom. The van der Waals surface area contributed by atoms with Crippen LogP contribution >= 0.6 is 7.82 Å². The van der Waals surface area contributed by atoms with Gasteiger partial charge in [-0.1, -0.05) is 90.4 Å². The van der Waals surface area contributed by atoms with Crippen molar-refractivity contribution in [3.8, 4) is 0 Å². The van der Waals surface area contributed by atoms with Crippen LogP contribution in [0, 0.1) is 5.92 Å². The molecule has 180 valence electrons. The molecule has 0 amide bonds. The number of phosphoric acid groups is 1. The first-order chi connectivity index (χ1) is 14.3. The van der Waals surface area contributed by atoms with Crippen molar-refractivity contribution >= 4 is 7.82 Å². The Balaban J connectivity index is 1.88. The summed E-state index contributed by atoms with van der Waals surface area (Å²) in [6, 6.07) is 0. The number of quaternary nitrogens is 1. The van der Waals surface area contributed by atoms with E-state index in [0.717, 1.165) is 36.7 Å². The molecule has 0 saturated carbocycles. The van der Waals surface area contributed by atoms with Crippen LogP contribution in [0.5, 0.6) is 0 Å². The average molecular weight is 449 g/mol. The maximum Gasteiger partial charge on any atom is 0.472 e. The summed E-state index contributed by atoms with van der Waals surface area (Å²) in [4.78, 5) is 9.89. The first-order valence-electron chi connectivity index (χ1n) is 12.8. The van der Waals surface area contributed by atoms with Gasteiger partial charge in [0.1, 0.15) is 0 Å². The second kappa shape index (κ2) is 16.7. The molecule has 1 fully saturated rings. The second-order valence-corrected chi connectivity index (χ2v) is 11.5. The fraction of sp³-hybridized carbons (Fsp3) is 1.00. The molecule has 0 aliphatic carbocycles. The van der Waals surface area contributed by atoms with Crippen LogP contribution in [-0.4, -0.2) is 49.8 Å². The number of piperidine rings is 1. The van der Waals surface area contributed by atoms with Crippen LogP contribution in [0.4, 0.5) is 0 Å². The maximum atomic E-state index is 12.1. The predicted molar refractivity (Wildman–Crippen MR) is 127 cm³/mol. The summed E-state index contributed by atoms with van der Waals surface area (Å²) >= 11 is 0. The van der Waals surface area contributed by atoms with E-state index in [0.29, 0.717) is 19.1 Å². The lowest BCUT2D eigenvalue weighted by molar-refractivity contribution is -0.898. The molecule has 1 heterocycles. The largest absolute Gasteiger partial charge is 0.472 e. The molecule has 2 atom stereocenters. The van der Waals surface area contributed by atoms with Gasteiger partial charge in [-0.05, 0) is 19.3 Å². The lowest BCUT2D eigenvalue weighted by atomic mass is 9.98. The Hall–Kier alpha value is 0.0700. The van der Waals surface area contributed by atoms with E-state index >= 15 is 0 Å². The Bertz CT molecular complexity index is 458. The normalized spacial score (nSPS) is 20.9. The minimum absolute atomic E-state index is 0.317. The minimum Gasteiger partial charge on any atom is -0.328 e. The van der Waals surface area contributed by atoms with E-state index in [1.54, 1.807) is 0 Å². The highest BCUT2D eigenvalue weighted by Gasteiger charge is 2.30. The molecule has 0 aromatic rings. The molecule has 0 aromatic heterocycles. The zero-order valence-corrected chi connectivity index (χ0v) is 21.2. The molecule has 30 heavy (non-hydrogen) atoms. The molecule has 5 nitrogen and oxygen atoms in total. The van der Waals surface area contributed by atoms with Crippen LogP contribution in [-0.2, 0) is 13.6 Å². The van der Waals surface area contributed by atoms with Gasteiger partial charge in [-0.15, -0.1) is 0 Å². The van der Waals surface area contributed by atoms with Gasteiger partial charge in [0.2, 0.25) is 0 Å². The SMILES string of the molecule is CCCCCCCCCCCCCCCCOP(=O)(O)OCC1CCC[N+](C)(C)C1. The van der Waals surface area contributed by atoms with Crippen molar-refractivity contribution < 1.29 is 23.0 Å². The fourth-order valence-electron chi connectivity index (χ4n) is 4.54. The summed E-state index contributed by atoms with van der Waals surface area (Å²) in [6.07, 6.45) is 20.4. The third-order valence-electron chi connectivity index (χ3n) is 6.35. The van der Waals surface area contributed by atoms with Crippen LogP contribution in [0.3, 0.4) is 0 Å². The molecule has 0 bridgehead atoms. The summed E-state index contributed by atoms with van der Waals surface area (Å²) in [6.45, 7) is 5.08. The number of unbranched alkanes of at least 4 members (excludes halogenated alkanes) is 13. The first kappa shape index (κ1) is 28.1. The highest BCUT2D eigenvalue weighted by Crippen LogP contribution is 2.44. The first-order valence-corrected chi connectivity index (χ1v) is 14.3. The van der Waals surface area contributed by atoms with Crippen molar-refractivity contribution in [2.45, 2.75) is 110 Å². The topological polar surface area (TPSA) is 55.8 Å². The van der Waals surface area contributed by atoms with Crippen LogP contribution in [0.15, 0.2) is 0 Å². The number of nitrogens with zero attached hydrogens (tertiary/aromatic N) is 1. The molecule has 6 heteroatoms. The highest BCUT2D eigenvalue weighted by atomic mass is 31.2. The molecular formula is C24H51NO4P+. The van der Waals surface area contributed by atoms with Gasteiger partial charge in [0, 0.05) is 5.92 Å². The molecule has 2 unspecified atom stereocenters. The summed E-state index contributed by atoms with van der Waals surface area (Å²) in [5.41, 5.74) is 0. The number of likely N-dealkylation sites (tertiary alicyclic amines) is 1. The van der Waals surface area contributed by atoms with Crippen molar-refractivity contribution in [1.82, 2.24) is 0 Å². The average Bonchev–Trinajstić information content (AvgIpc) is 2.69. The van der Waals surface area contributed by atoms with Crippen LogP contribution in [0.1, 0.15) is 110 Å². The number of phosphoric ester groups is 1. The van der Waals surface area contributed by atoms with E-state index in [1.807, 2.05) is 0 Å². The zero-order valence-electron chi connectivity index (χ0n) is 20.3. The molecule has 1 rings (SSSR count). The Kier molecular flexibility index (Phi) is 15.6. The molecule has 1 aliphatic heterocycles. The van der Waals surface area contributed by atoms with Crippen molar-refractivity contribution in [3.63, 3.8) is 0 Å². The lowest BCUT2D eigenvalue weighted by Gasteiger charge is -2.37. The van der Waals surface area contributed by atoms with Crippen molar-refractivity contribution in [3.05, 3.63) is 0 Å². The molecule has 1 aliphatic rings. The number of hydrogen-bond acceptors (Lipinski definition) is 3. The number of rotatable bonds is 19. The smallest absolute Gasteiger partial charge is 0.328 e. The summed E-state index contributed by atoms with van der Waals surface area (Å²) in [5.74, 6) is 0.346. The summed E-state index contributed by atoms with van der Waals surface area (Å²) < 4.78 is 23.4. The van der Waals surface area contributed by atoms with E-state index < -0.39 is 7.82 Å². The Labute approximate surface area is 187 Å². The van der Waals surface area contributed by atoms with Gasteiger partial charge in [-0.25, -0.2) is 4.57 Å². The molecule has 0 radical (unpaired) electrons. The van der Waals surface area contributed by atoms with Crippen molar-refractivity contribution in [1.29, 1.82) is 0 Å². The molecular weight excluding hydrogens is 397 g/mol. The van der Waals surface area contributed by atoms with Gasteiger partial charge in [0.05, 0.1) is 40.4 Å². The summed E-state index contributed by atoms with van der Waals surface area (Å²) in [5, 5.41) is 0.